The van der Waals surface area contributed by atoms with Crippen molar-refractivity contribution in [3.05, 3.63) is 103 Å². The van der Waals surface area contributed by atoms with Gasteiger partial charge in [0.2, 0.25) is 5.91 Å². The number of amides is 1. The van der Waals surface area contributed by atoms with E-state index in [0.29, 0.717) is 22.7 Å². The molecule has 0 bridgehead atoms. The average Bonchev–Trinajstić information content (AvgIpc) is 2.82. The molecule has 1 amide bonds. The smallest absolute Gasteiger partial charge is 0.321 e. The minimum atomic E-state index is -0.547. The zero-order valence-corrected chi connectivity index (χ0v) is 16.7. The lowest BCUT2D eigenvalue weighted by Crippen LogP contribution is -2.07. The Morgan fingerprint density at radius 1 is 0.906 bits per heavy atom. The van der Waals surface area contributed by atoms with Crippen molar-refractivity contribution in [2.24, 2.45) is 0 Å². The standard InChI is InChI=1S/C24H17FN4O3/c25-21-15-17(4-10-22(21)31-20-3-1-12-26-16-20)5-11-23(30)29-18-6-8-19(9-7-18)32-24-27-13-2-14-28-24/h1-16H,(H,29,30)/b11-5+. The van der Waals surface area contributed by atoms with Crippen molar-refractivity contribution in [2.45, 2.75) is 0 Å². The summed E-state index contributed by atoms with van der Waals surface area (Å²) in [5.74, 6) is 0.133. The Morgan fingerprint density at radius 2 is 1.72 bits per heavy atom. The van der Waals surface area contributed by atoms with Crippen LogP contribution in [-0.2, 0) is 4.79 Å². The number of carbonyl (C=O) groups excluding carboxylic acids is 1. The van der Waals surface area contributed by atoms with Gasteiger partial charge in [0.25, 0.3) is 0 Å². The Bertz CT molecular complexity index is 1220. The molecule has 0 aliphatic rings. The molecule has 0 fully saturated rings. The molecule has 0 atom stereocenters. The molecule has 0 radical (unpaired) electrons. The molecule has 0 spiro atoms. The predicted octanol–water partition coefficient (Wildman–Crippen LogP) is 5.25. The molecule has 8 heteroatoms. The Kier molecular flexibility index (Phi) is 6.42. The highest BCUT2D eigenvalue weighted by atomic mass is 19.1. The minimum absolute atomic E-state index is 0.0720. The van der Waals surface area contributed by atoms with Crippen LogP contribution in [0.4, 0.5) is 10.1 Å². The van der Waals surface area contributed by atoms with Crippen LogP contribution < -0.4 is 14.8 Å². The fraction of sp³-hybridized carbons (Fsp3) is 0. The number of nitrogens with zero attached hydrogens (tertiary/aromatic N) is 3. The van der Waals surface area contributed by atoms with Gasteiger partial charge in [-0.25, -0.2) is 14.4 Å². The van der Waals surface area contributed by atoms with Gasteiger partial charge in [0.15, 0.2) is 11.6 Å². The van der Waals surface area contributed by atoms with Crippen LogP contribution in [0.5, 0.6) is 23.3 Å². The zero-order valence-electron chi connectivity index (χ0n) is 16.7. The summed E-state index contributed by atoms with van der Waals surface area (Å²) in [6.45, 7) is 0. The summed E-state index contributed by atoms with van der Waals surface area (Å²) in [6.07, 6.45) is 9.08. The number of aromatic nitrogens is 3. The molecule has 1 N–H and O–H groups in total. The molecule has 158 valence electrons. The van der Waals surface area contributed by atoms with Crippen LogP contribution >= 0.6 is 0 Å². The van der Waals surface area contributed by atoms with Crippen molar-refractivity contribution in [1.29, 1.82) is 0 Å². The first-order valence-electron chi connectivity index (χ1n) is 9.57. The maximum atomic E-state index is 14.3. The number of halogens is 1. The van der Waals surface area contributed by atoms with E-state index in [1.165, 1.54) is 30.5 Å². The van der Waals surface area contributed by atoms with Crippen LogP contribution in [0.2, 0.25) is 0 Å². The van der Waals surface area contributed by atoms with Gasteiger partial charge in [-0.1, -0.05) is 6.07 Å². The highest BCUT2D eigenvalue weighted by molar-refractivity contribution is 6.01. The summed E-state index contributed by atoms with van der Waals surface area (Å²) in [5, 5.41) is 2.72. The van der Waals surface area contributed by atoms with Gasteiger partial charge in [0, 0.05) is 30.4 Å². The highest BCUT2D eigenvalue weighted by Gasteiger charge is 2.06. The Morgan fingerprint density at radius 3 is 2.44 bits per heavy atom. The van der Waals surface area contributed by atoms with Crippen molar-refractivity contribution < 1.29 is 18.7 Å². The molecule has 0 aliphatic carbocycles. The molecule has 32 heavy (non-hydrogen) atoms. The monoisotopic (exact) mass is 428 g/mol. The number of nitrogens with one attached hydrogen (secondary N) is 1. The summed E-state index contributed by atoms with van der Waals surface area (Å²) >= 11 is 0. The van der Waals surface area contributed by atoms with E-state index in [0.717, 1.165) is 0 Å². The summed E-state index contributed by atoms with van der Waals surface area (Å²) < 4.78 is 25.3. The largest absolute Gasteiger partial charge is 0.453 e. The van der Waals surface area contributed by atoms with E-state index in [2.05, 4.69) is 20.3 Å². The summed E-state index contributed by atoms with van der Waals surface area (Å²) in [5.41, 5.74) is 1.09. The SMILES string of the molecule is O=C(/C=C/c1ccc(Oc2cccnc2)c(F)c1)Nc1ccc(Oc2ncccn2)cc1. The number of anilines is 1. The number of carbonyl (C=O) groups is 1. The molecule has 2 heterocycles. The fourth-order valence-corrected chi connectivity index (χ4v) is 2.64. The van der Waals surface area contributed by atoms with Gasteiger partial charge in [0.05, 0.1) is 6.20 Å². The van der Waals surface area contributed by atoms with E-state index < -0.39 is 5.82 Å². The topological polar surface area (TPSA) is 86.2 Å². The number of hydrogen-bond donors (Lipinski definition) is 1. The summed E-state index contributed by atoms with van der Waals surface area (Å²) in [6, 6.07) is 16.5. The van der Waals surface area contributed by atoms with Gasteiger partial charge in [-0.15, -0.1) is 0 Å². The maximum absolute atomic E-state index is 14.3. The van der Waals surface area contributed by atoms with Crippen LogP contribution in [-0.4, -0.2) is 20.9 Å². The molecule has 4 aromatic rings. The van der Waals surface area contributed by atoms with Crippen LogP contribution in [0, 0.1) is 5.82 Å². The van der Waals surface area contributed by atoms with E-state index >= 15 is 0 Å². The molecule has 0 saturated heterocycles. The quantitative estimate of drug-likeness (QED) is 0.405. The number of benzene rings is 2. The lowest BCUT2D eigenvalue weighted by Gasteiger charge is -2.07. The molecular formula is C24H17FN4O3. The van der Waals surface area contributed by atoms with Crippen LogP contribution in [0.1, 0.15) is 5.56 Å². The first kappa shape index (κ1) is 20.7. The van der Waals surface area contributed by atoms with Gasteiger partial charge >= 0.3 is 6.01 Å². The molecule has 0 aliphatic heterocycles. The van der Waals surface area contributed by atoms with E-state index in [1.807, 2.05) is 0 Å². The molecule has 7 nitrogen and oxygen atoms in total. The van der Waals surface area contributed by atoms with Crippen molar-refractivity contribution >= 4 is 17.7 Å². The maximum Gasteiger partial charge on any atom is 0.321 e. The Labute approximate surface area is 183 Å². The minimum Gasteiger partial charge on any atom is -0.453 e. The molecule has 2 aromatic carbocycles. The van der Waals surface area contributed by atoms with E-state index in [-0.39, 0.29) is 17.7 Å². The van der Waals surface area contributed by atoms with Crippen molar-refractivity contribution in [3.63, 3.8) is 0 Å². The third kappa shape index (κ3) is 5.73. The Balaban J connectivity index is 1.33. The van der Waals surface area contributed by atoms with Crippen LogP contribution in [0.25, 0.3) is 6.08 Å². The normalized spacial score (nSPS) is 10.7. The van der Waals surface area contributed by atoms with Crippen molar-refractivity contribution in [1.82, 2.24) is 15.0 Å². The number of hydrogen-bond acceptors (Lipinski definition) is 6. The number of rotatable bonds is 7. The fourth-order valence-electron chi connectivity index (χ4n) is 2.64. The Hall–Kier alpha value is -4.59. The average molecular weight is 428 g/mol. The summed E-state index contributed by atoms with van der Waals surface area (Å²) in [7, 11) is 0. The van der Waals surface area contributed by atoms with Gasteiger partial charge < -0.3 is 14.8 Å². The van der Waals surface area contributed by atoms with Gasteiger partial charge in [-0.3, -0.25) is 9.78 Å². The second kappa shape index (κ2) is 9.94. The van der Waals surface area contributed by atoms with Gasteiger partial charge in [-0.2, -0.15) is 0 Å². The predicted molar refractivity (Wildman–Crippen MR) is 117 cm³/mol. The number of pyridine rings is 1. The molecular weight excluding hydrogens is 411 g/mol. The van der Waals surface area contributed by atoms with Gasteiger partial charge in [-0.05, 0) is 66.2 Å². The second-order valence-electron chi connectivity index (χ2n) is 6.46. The highest BCUT2D eigenvalue weighted by Crippen LogP contribution is 2.25. The van der Waals surface area contributed by atoms with Crippen molar-refractivity contribution in [3.8, 4) is 23.3 Å². The van der Waals surface area contributed by atoms with Crippen molar-refractivity contribution in [2.75, 3.05) is 5.32 Å². The lowest BCUT2D eigenvalue weighted by atomic mass is 10.2. The van der Waals surface area contributed by atoms with Crippen LogP contribution in [0.15, 0.2) is 91.5 Å². The molecule has 2 aromatic heterocycles. The molecule has 0 unspecified atom stereocenters. The third-order valence-electron chi connectivity index (χ3n) is 4.12. The van der Waals surface area contributed by atoms with E-state index in [4.69, 9.17) is 9.47 Å². The van der Waals surface area contributed by atoms with Crippen LogP contribution in [0.3, 0.4) is 0 Å². The van der Waals surface area contributed by atoms with Gasteiger partial charge in [0.1, 0.15) is 11.5 Å². The summed E-state index contributed by atoms with van der Waals surface area (Å²) in [4.78, 5) is 24.1. The lowest BCUT2D eigenvalue weighted by molar-refractivity contribution is -0.111. The first-order chi connectivity index (χ1) is 15.7. The molecule has 4 rings (SSSR count). The van der Waals surface area contributed by atoms with E-state index in [9.17, 15) is 9.18 Å². The number of ether oxygens (including phenoxy) is 2. The zero-order chi connectivity index (χ0) is 22.2. The molecule has 0 saturated carbocycles. The first-order valence-corrected chi connectivity index (χ1v) is 9.57. The third-order valence-corrected chi connectivity index (χ3v) is 4.12. The van der Waals surface area contributed by atoms with E-state index in [1.54, 1.807) is 67.1 Å². The second-order valence-corrected chi connectivity index (χ2v) is 6.46.